The molecule has 7 heteroatoms. The normalized spacial score (nSPS) is 23.1. The van der Waals surface area contributed by atoms with Crippen LogP contribution in [0.25, 0.3) is 0 Å². The Morgan fingerprint density at radius 1 is 1.09 bits per heavy atom. The maximum absolute atomic E-state index is 13.8. The molecule has 1 aromatic heterocycles. The van der Waals surface area contributed by atoms with Crippen LogP contribution in [0.5, 0.6) is 5.75 Å². The molecule has 4 heterocycles. The van der Waals surface area contributed by atoms with E-state index in [4.69, 9.17) is 9.47 Å². The van der Waals surface area contributed by atoms with Gasteiger partial charge >= 0.3 is 6.09 Å². The summed E-state index contributed by atoms with van der Waals surface area (Å²) in [5.41, 5.74) is 1.52. The number of ether oxygens (including phenoxy) is 2. The third-order valence-corrected chi connectivity index (χ3v) is 8.02. The third kappa shape index (κ3) is 5.85. The number of thiophene rings is 1. The number of hydrogen-bond acceptors (Lipinski definition) is 4. The van der Waals surface area contributed by atoms with Crippen LogP contribution in [-0.4, -0.2) is 49.5 Å². The number of hydrogen-bond donors (Lipinski definition) is 0. The van der Waals surface area contributed by atoms with Gasteiger partial charge in [0.2, 0.25) is 0 Å². The van der Waals surface area contributed by atoms with Crippen LogP contribution in [-0.2, 0) is 11.3 Å². The zero-order chi connectivity index (χ0) is 24.1. The fourth-order valence-electron chi connectivity index (χ4n) is 5.46. The fourth-order valence-corrected chi connectivity index (χ4v) is 6.10. The number of halogens is 1. The topological polar surface area (TPSA) is 38.8 Å². The summed E-state index contributed by atoms with van der Waals surface area (Å²) in [6.45, 7) is 5.15. The molecule has 6 rings (SSSR count). The monoisotopic (exact) mass is 495 g/mol. The van der Waals surface area contributed by atoms with Gasteiger partial charge in [-0.05, 0) is 41.3 Å². The Morgan fingerprint density at radius 2 is 1.91 bits per heavy atom. The van der Waals surface area contributed by atoms with Crippen LogP contribution in [0.1, 0.15) is 24.8 Å². The molecule has 2 bridgehead atoms. The molecule has 3 aromatic rings. The van der Waals surface area contributed by atoms with Crippen LogP contribution >= 0.6 is 11.3 Å². The van der Waals surface area contributed by atoms with Crippen LogP contribution in [0, 0.1) is 11.7 Å². The van der Waals surface area contributed by atoms with Gasteiger partial charge in [0.25, 0.3) is 0 Å². The fraction of sp³-hybridized carbons (Fsp3) is 0.393. The first-order valence-corrected chi connectivity index (χ1v) is 13.3. The molecular weight excluding hydrogens is 463 g/mol. The van der Waals surface area contributed by atoms with Gasteiger partial charge in [-0.25, -0.2) is 9.18 Å². The van der Waals surface area contributed by atoms with Gasteiger partial charge in [0.05, 0.1) is 38.5 Å². The number of carbonyl (C=O) groups excluding carboxylic acids is 1. The number of piperidine rings is 3. The highest BCUT2D eigenvalue weighted by Gasteiger charge is 2.47. The Bertz CT molecular complexity index is 1100. The van der Waals surface area contributed by atoms with E-state index in [0.29, 0.717) is 12.5 Å². The van der Waals surface area contributed by atoms with Crippen molar-refractivity contribution in [2.24, 2.45) is 5.92 Å². The first-order chi connectivity index (χ1) is 17.1. The zero-order valence-corrected chi connectivity index (χ0v) is 20.7. The Labute approximate surface area is 210 Å². The van der Waals surface area contributed by atoms with Crippen LogP contribution < -0.4 is 9.64 Å². The number of nitrogens with zero attached hydrogens (tertiary/aromatic N) is 2. The first-order valence-electron chi connectivity index (χ1n) is 12.4. The number of rotatable bonds is 9. The molecule has 3 aliphatic heterocycles. The lowest BCUT2D eigenvalue weighted by atomic mass is 9.83. The molecule has 1 atom stereocenters. The minimum atomic E-state index is -0.350. The molecule has 3 fully saturated rings. The lowest BCUT2D eigenvalue weighted by Crippen LogP contribution is -2.65. The van der Waals surface area contributed by atoms with Crippen molar-refractivity contribution in [1.29, 1.82) is 0 Å². The summed E-state index contributed by atoms with van der Waals surface area (Å²) in [6, 6.07) is 18.2. The molecule has 0 radical (unpaired) electrons. The second kappa shape index (κ2) is 10.8. The maximum atomic E-state index is 13.8. The van der Waals surface area contributed by atoms with Crippen LogP contribution in [0.15, 0.2) is 71.4 Å². The van der Waals surface area contributed by atoms with Crippen molar-refractivity contribution in [3.8, 4) is 5.75 Å². The molecule has 1 amide bonds. The molecule has 3 saturated heterocycles. The molecule has 184 valence electrons. The van der Waals surface area contributed by atoms with Crippen molar-refractivity contribution in [2.45, 2.75) is 31.9 Å². The van der Waals surface area contributed by atoms with Gasteiger partial charge in [-0.3, -0.25) is 4.90 Å². The standard InChI is InChI=1S/C28H32FN2O3S/c29-24-7-4-6-22(18-24)19-30(25-12-17-35-21-25)28(32)34-27-20-31(14-10-23(27)11-15-31)13-5-16-33-26-8-2-1-3-9-26/h1-4,6-9,12,17-18,21,23,27H,5,10-11,13-16,19-20H2/q+1/t23?,27-,31?/m0/s1. The number of carbonyl (C=O) groups is 1. The van der Waals surface area contributed by atoms with Gasteiger partial charge in [-0.1, -0.05) is 30.3 Å². The predicted octanol–water partition coefficient (Wildman–Crippen LogP) is 6.11. The molecule has 5 nitrogen and oxygen atoms in total. The Kier molecular flexibility index (Phi) is 7.35. The summed E-state index contributed by atoms with van der Waals surface area (Å²) in [7, 11) is 0. The lowest BCUT2D eigenvalue weighted by molar-refractivity contribution is -0.946. The van der Waals surface area contributed by atoms with E-state index in [1.807, 2.05) is 53.2 Å². The van der Waals surface area contributed by atoms with Crippen molar-refractivity contribution in [2.75, 3.05) is 37.7 Å². The first kappa shape index (κ1) is 23.8. The number of anilines is 1. The van der Waals surface area contributed by atoms with E-state index in [2.05, 4.69) is 0 Å². The van der Waals surface area contributed by atoms with E-state index in [0.717, 1.165) is 66.9 Å². The number of para-hydroxylation sites is 1. The molecule has 0 spiro atoms. The molecule has 0 unspecified atom stereocenters. The summed E-state index contributed by atoms with van der Waals surface area (Å²) >= 11 is 1.53. The van der Waals surface area contributed by atoms with Gasteiger partial charge in [-0.2, -0.15) is 11.3 Å². The molecule has 0 saturated carbocycles. The molecule has 2 aromatic carbocycles. The molecule has 3 aliphatic rings. The van der Waals surface area contributed by atoms with Gasteiger partial charge in [0, 0.05) is 30.6 Å². The van der Waals surface area contributed by atoms with Crippen molar-refractivity contribution >= 4 is 23.1 Å². The molecule has 0 N–H and O–H groups in total. The predicted molar refractivity (Wildman–Crippen MR) is 136 cm³/mol. The number of amides is 1. The highest BCUT2D eigenvalue weighted by Crippen LogP contribution is 2.36. The van der Waals surface area contributed by atoms with E-state index in [9.17, 15) is 9.18 Å². The smallest absolute Gasteiger partial charge is 0.415 e. The SMILES string of the molecule is O=C(O[C@H]1C[N+]2(CCCOc3ccccc3)CCC1CC2)N(Cc1cccc(F)c1)c1ccsc1. The Balaban J connectivity index is 1.21. The van der Waals surface area contributed by atoms with Crippen molar-refractivity contribution in [1.82, 2.24) is 0 Å². The van der Waals surface area contributed by atoms with Gasteiger partial charge < -0.3 is 14.0 Å². The average molecular weight is 496 g/mol. The number of fused-ring (bicyclic) bond motifs is 3. The van der Waals surface area contributed by atoms with Gasteiger partial charge in [0.15, 0.2) is 6.10 Å². The maximum Gasteiger partial charge on any atom is 0.415 e. The quantitative estimate of drug-likeness (QED) is 0.266. The Hall–Kier alpha value is -2.90. The van der Waals surface area contributed by atoms with Crippen molar-refractivity contribution in [3.05, 3.63) is 82.8 Å². The lowest BCUT2D eigenvalue weighted by Gasteiger charge is -2.52. The minimum Gasteiger partial charge on any atom is -0.493 e. The molecule has 0 aliphatic carbocycles. The average Bonchev–Trinajstić information content (AvgIpc) is 3.41. The summed E-state index contributed by atoms with van der Waals surface area (Å²) in [5.74, 6) is 1.02. The second-order valence-electron chi connectivity index (χ2n) is 9.67. The van der Waals surface area contributed by atoms with Crippen molar-refractivity contribution < 1.29 is 23.1 Å². The number of quaternary nitrogens is 1. The minimum absolute atomic E-state index is 0.0892. The largest absolute Gasteiger partial charge is 0.493 e. The number of benzene rings is 2. The third-order valence-electron chi connectivity index (χ3n) is 7.35. The second-order valence-corrected chi connectivity index (χ2v) is 10.4. The van der Waals surface area contributed by atoms with E-state index in [1.165, 1.54) is 23.5 Å². The van der Waals surface area contributed by atoms with E-state index in [-0.39, 0.29) is 24.6 Å². The van der Waals surface area contributed by atoms with Crippen LogP contribution in [0.4, 0.5) is 14.9 Å². The van der Waals surface area contributed by atoms with Crippen LogP contribution in [0.3, 0.4) is 0 Å². The van der Waals surface area contributed by atoms with Gasteiger partial charge in [0.1, 0.15) is 18.1 Å². The Morgan fingerprint density at radius 3 is 2.66 bits per heavy atom. The molecular formula is C28H32FN2O3S+. The zero-order valence-electron chi connectivity index (χ0n) is 19.9. The summed E-state index contributed by atoms with van der Waals surface area (Å²) in [6.07, 6.45) is 2.70. The van der Waals surface area contributed by atoms with Crippen LogP contribution in [0.2, 0.25) is 0 Å². The van der Waals surface area contributed by atoms with Gasteiger partial charge in [-0.15, -0.1) is 0 Å². The van der Waals surface area contributed by atoms with Crippen molar-refractivity contribution in [3.63, 3.8) is 0 Å². The summed E-state index contributed by atoms with van der Waals surface area (Å²) in [5, 5.41) is 3.87. The highest BCUT2D eigenvalue weighted by molar-refractivity contribution is 7.08. The summed E-state index contributed by atoms with van der Waals surface area (Å²) in [4.78, 5) is 15.0. The van der Waals surface area contributed by atoms with E-state index < -0.39 is 0 Å². The summed E-state index contributed by atoms with van der Waals surface area (Å²) < 4.78 is 26.8. The molecule has 35 heavy (non-hydrogen) atoms. The van der Waals surface area contributed by atoms with E-state index >= 15 is 0 Å². The van der Waals surface area contributed by atoms with E-state index in [1.54, 1.807) is 11.0 Å². The highest BCUT2D eigenvalue weighted by atomic mass is 32.1.